The second-order valence-electron chi connectivity index (χ2n) is 7.31. The van der Waals surface area contributed by atoms with E-state index in [0.29, 0.717) is 17.5 Å². The third-order valence-corrected chi connectivity index (χ3v) is 4.69. The lowest BCUT2D eigenvalue weighted by molar-refractivity contribution is 0.0967. The predicted molar refractivity (Wildman–Crippen MR) is 81.0 cm³/mol. The van der Waals surface area contributed by atoms with Crippen molar-refractivity contribution in [3.8, 4) is 0 Å². The van der Waals surface area contributed by atoms with Gasteiger partial charge in [0.1, 0.15) is 0 Å². The molecule has 1 aliphatic rings. The molecule has 0 saturated heterocycles. The highest BCUT2D eigenvalue weighted by Crippen LogP contribution is 2.37. The molecule has 0 amide bonds. The summed E-state index contributed by atoms with van der Waals surface area (Å²) in [6.07, 6.45) is 6.80. The summed E-state index contributed by atoms with van der Waals surface area (Å²) in [6.45, 7) is 12.8. The van der Waals surface area contributed by atoms with Crippen LogP contribution < -0.4 is 5.32 Å². The molecule has 18 heavy (non-hydrogen) atoms. The van der Waals surface area contributed by atoms with Crippen LogP contribution in [0.15, 0.2) is 0 Å². The molecule has 1 unspecified atom stereocenters. The Bertz CT molecular complexity index is 225. The molecule has 1 aliphatic carbocycles. The largest absolute Gasteiger partial charge is 0.314 e. The van der Waals surface area contributed by atoms with E-state index in [1.807, 2.05) is 0 Å². The lowest BCUT2D eigenvalue weighted by Gasteiger charge is -2.41. The molecule has 0 heterocycles. The van der Waals surface area contributed by atoms with Crippen molar-refractivity contribution in [1.82, 2.24) is 10.2 Å². The first-order valence-corrected chi connectivity index (χ1v) is 7.77. The molecule has 0 aliphatic heterocycles. The lowest BCUT2D eigenvalue weighted by Crippen LogP contribution is -2.43. The molecule has 0 spiro atoms. The van der Waals surface area contributed by atoms with Crippen molar-refractivity contribution in [3.05, 3.63) is 0 Å². The number of nitrogens with zero attached hydrogens (tertiary/aromatic N) is 1. The van der Waals surface area contributed by atoms with Gasteiger partial charge in [0.2, 0.25) is 0 Å². The highest BCUT2D eigenvalue weighted by Gasteiger charge is 2.30. The van der Waals surface area contributed by atoms with E-state index >= 15 is 0 Å². The van der Waals surface area contributed by atoms with Gasteiger partial charge in [0.15, 0.2) is 0 Å². The Kier molecular flexibility index (Phi) is 6.13. The number of rotatable bonds is 6. The molecule has 0 aromatic carbocycles. The van der Waals surface area contributed by atoms with Crippen LogP contribution >= 0.6 is 0 Å². The first kappa shape index (κ1) is 16.0. The summed E-state index contributed by atoms with van der Waals surface area (Å²) in [5.74, 6) is 0. The summed E-state index contributed by atoms with van der Waals surface area (Å²) in [6, 6.07) is 2.12. The van der Waals surface area contributed by atoms with Crippen LogP contribution in [-0.4, -0.2) is 36.6 Å². The van der Waals surface area contributed by atoms with Crippen molar-refractivity contribution in [2.24, 2.45) is 5.41 Å². The Morgan fingerprint density at radius 2 is 1.72 bits per heavy atom. The van der Waals surface area contributed by atoms with Gasteiger partial charge in [-0.05, 0) is 58.0 Å². The topological polar surface area (TPSA) is 15.3 Å². The van der Waals surface area contributed by atoms with E-state index in [4.69, 9.17) is 0 Å². The highest BCUT2D eigenvalue weighted by atomic mass is 15.2. The van der Waals surface area contributed by atoms with E-state index in [0.717, 1.165) is 12.6 Å². The van der Waals surface area contributed by atoms with Crippen LogP contribution in [0.1, 0.15) is 66.7 Å². The van der Waals surface area contributed by atoms with Crippen molar-refractivity contribution in [3.63, 3.8) is 0 Å². The SMILES string of the molecule is CC(C)NCCC(C)N(C)C1CCC(C)(C)CC1. The minimum atomic E-state index is 0.583. The van der Waals surface area contributed by atoms with Crippen molar-refractivity contribution in [1.29, 1.82) is 0 Å². The third-order valence-electron chi connectivity index (χ3n) is 4.69. The summed E-state index contributed by atoms with van der Waals surface area (Å²) in [5, 5.41) is 3.52. The molecular weight excluding hydrogens is 220 g/mol. The Labute approximate surface area is 115 Å². The van der Waals surface area contributed by atoms with Crippen molar-refractivity contribution >= 4 is 0 Å². The van der Waals surface area contributed by atoms with Crippen LogP contribution in [-0.2, 0) is 0 Å². The fourth-order valence-electron chi connectivity index (χ4n) is 2.94. The highest BCUT2D eigenvalue weighted by molar-refractivity contribution is 4.84. The maximum Gasteiger partial charge on any atom is 0.00954 e. The molecule has 0 bridgehead atoms. The zero-order valence-corrected chi connectivity index (χ0v) is 13.4. The van der Waals surface area contributed by atoms with Gasteiger partial charge >= 0.3 is 0 Å². The minimum Gasteiger partial charge on any atom is -0.314 e. The fourth-order valence-corrected chi connectivity index (χ4v) is 2.94. The van der Waals surface area contributed by atoms with Gasteiger partial charge < -0.3 is 10.2 Å². The monoisotopic (exact) mass is 254 g/mol. The van der Waals surface area contributed by atoms with Gasteiger partial charge in [0.25, 0.3) is 0 Å². The lowest BCUT2D eigenvalue weighted by atomic mass is 9.75. The van der Waals surface area contributed by atoms with Crippen molar-refractivity contribution < 1.29 is 0 Å². The summed E-state index contributed by atoms with van der Waals surface area (Å²) >= 11 is 0. The zero-order chi connectivity index (χ0) is 13.8. The average Bonchev–Trinajstić information content (AvgIpc) is 2.27. The van der Waals surface area contributed by atoms with E-state index in [2.05, 4.69) is 51.9 Å². The van der Waals surface area contributed by atoms with Crippen molar-refractivity contribution in [2.45, 2.75) is 84.8 Å². The number of hydrogen-bond donors (Lipinski definition) is 1. The standard InChI is InChI=1S/C16H34N2/c1-13(2)17-12-9-14(3)18(6)15-7-10-16(4,5)11-8-15/h13-15,17H,7-12H2,1-6H3. The second-order valence-corrected chi connectivity index (χ2v) is 7.31. The zero-order valence-electron chi connectivity index (χ0n) is 13.4. The van der Waals surface area contributed by atoms with Crippen molar-refractivity contribution in [2.75, 3.05) is 13.6 Å². The van der Waals surface area contributed by atoms with Gasteiger partial charge in [0, 0.05) is 18.1 Å². The maximum absolute atomic E-state index is 3.52. The van der Waals surface area contributed by atoms with E-state index in [1.165, 1.54) is 32.1 Å². The first-order valence-electron chi connectivity index (χ1n) is 7.77. The molecule has 108 valence electrons. The third kappa shape index (κ3) is 5.27. The van der Waals surface area contributed by atoms with Gasteiger partial charge in [-0.1, -0.05) is 27.7 Å². The Hall–Kier alpha value is -0.0800. The molecule has 0 aromatic rings. The van der Waals surface area contributed by atoms with E-state index in [-0.39, 0.29) is 0 Å². The first-order chi connectivity index (χ1) is 8.32. The predicted octanol–water partition coefficient (Wildman–Crippen LogP) is 3.66. The van der Waals surface area contributed by atoms with Crippen LogP contribution in [0, 0.1) is 5.41 Å². The van der Waals surface area contributed by atoms with Gasteiger partial charge in [-0.15, -0.1) is 0 Å². The summed E-state index contributed by atoms with van der Waals surface area (Å²) in [4.78, 5) is 2.62. The molecule has 1 saturated carbocycles. The van der Waals surface area contributed by atoms with Crippen LogP contribution in [0.3, 0.4) is 0 Å². The number of nitrogens with one attached hydrogen (secondary N) is 1. The van der Waals surface area contributed by atoms with E-state index in [1.54, 1.807) is 0 Å². The van der Waals surface area contributed by atoms with Crippen LogP contribution in [0.25, 0.3) is 0 Å². The molecular formula is C16H34N2. The Balaban J connectivity index is 2.29. The molecule has 1 rings (SSSR count). The smallest absolute Gasteiger partial charge is 0.00954 e. The fraction of sp³-hybridized carbons (Fsp3) is 1.00. The maximum atomic E-state index is 3.52. The Morgan fingerprint density at radius 3 is 2.22 bits per heavy atom. The quantitative estimate of drug-likeness (QED) is 0.778. The van der Waals surface area contributed by atoms with Gasteiger partial charge in [-0.2, -0.15) is 0 Å². The molecule has 0 aromatic heterocycles. The van der Waals surface area contributed by atoms with Gasteiger partial charge in [-0.25, -0.2) is 0 Å². The van der Waals surface area contributed by atoms with E-state index in [9.17, 15) is 0 Å². The van der Waals surface area contributed by atoms with Crippen LogP contribution in [0.4, 0.5) is 0 Å². The Morgan fingerprint density at radius 1 is 1.17 bits per heavy atom. The van der Waals surface area contributed by atoms with Crippen LogP contribution in [0.2, 0.25) is 0 Å². The molecule has 2 heteroatoms. The molecule has 1 N–H and O–H groups in total. The number of hydrogen-bond acceptors (Lipinski definition) is 2. The summed E-state index contributed by atoms with van der Waals surface area (Å²) < 4.78 is 0. The summed E-state index contributed by atoms with van der Waals surface area (Å²) in [7, 11) is 2.32. The average molecular weight is 254 g/mol. The van der Waals surface area contributed by atoms with Gasteiger partial charge in [-0.3, -0.25) is 0 Å². The second kappa shape index (κ2) is 6.91. The summed E-state index contributed by atoms with van der Waals surface area (Å²) in [5.41, 5.74) is 0.583. The molecule has 0 radical (unpaired) electrons. The van der Waals surface area contributed by atoms with E-state index < -0.39 is 0 Å². The van der Waals surface area contributed by atoms with Crippen LogP contribution in [0.5, 0.6) is 0 Å². The minimum absolute atomic E-state index is 0.583. The molecule has 1 fully saturated rings. The van der Waals surface area contributed by atoms with Gasteiger partial charge in [0.05, 0.1) is 0 Å². The normalized spacial score (nSPS) is 22.7. The molecule has 1 atom stereocenters. The molecule has 2 nitrogen and oxygen atoms in total.